The number of anilines is 1. The van der Waals surface area contributed by atoms with Crippen molar-refractivity contribution in [3.05, 3.63) is 42.0 Å². The minimum atomic E-state index is -0.129. The third kappa shape index (κ3) is 3.45. The van der Waals surface area contributed by atoms with E-state index in [1.165, 1.54) is 6.92 Å². The van der Waals surface area contributed by atoms with Crippen molar-refractivity contribution in [2.75, 3.05) is 5.32 Å². The Morgan fingerprint density at radius 2 is 2.12 bits per heavy atom. The van der Waals surface area contributed by atoms with Gasteiger partial charge < -0.3 is 10.1 Å². The van der Waals surface area contributed by atoms with Gasteiger partial charge in [-0.3, -0.25) is 9.89 Å². The number of aromatic nitrogens is 2. The average molecular weight is 334 g/mol. The van der Waals surface area contributed by atoms with Crippen LogP contribution >= 0.6 is 0 Å². The highest BCUT2D eigenvalue weighted by molar-refractivity contribution is 5.96. The van der Waals surface area contributed by atoms with Crippen LogP contribution in [0.2, 0.25) is 0 Å². The van der Waals surface area contributed by atoms with Crippen molar-refractivity contribution >= 4 is 22.5 Å². The topological polar surface area (TPSA) is 90.8 Å². The molecule has 6 nitrogen and oxygen atoms in total. The van der Waals surface area contributed by atoms with E-state index < -0.39 is 0 Å². The van der Waals surface area contributed by atoms with Gasteiger partial charge in [-0.2, -0.15) is 10.4 Å². The number of hydrogen-bond donors (Lipinski definition) is 2. The van der Waals surface area contributed by atoms with E-state index in [2.05, 4.69) is 21.6 Å². The first kappa shape index (κ1) is 16.5. The largest absolute Gasteiger partial charge is 0.490 e. The van der Waals surface area contributed by atoms with E-state index in [1.807, 2.05) is 44.2 Å². The highest BCUT2D eigenvalue weighted by atomic mass is 16.5. The summed E-state index contributed by atoms with van der Waals surface area (Å²) < 4.78 is 5.76. The molecule has 0 saturated heterocycles. The third-order valence-corrected chi connectivity index (χ3v) is 3.60. The van der Waals surface area contributed by atoms with Gasteiger partial charge in [0.25, 0.3) is 0 Å². The van der Waals surface area contributed by atoms with Gasteiger partial charge in [0.05, 0.1) is 17.2 Å². The molecule has 0 saturated carbocycles. The molecule has 0 fully saturated rings. The second kappa shape index (κ2) is 6.65. The lowest BCUT2D eigenvalue weighted by molar-refractivity contribution is -0.114. The Hall–Kier alpha value is -3.33. The summed E-state index contributed by atoms with van der Waals surface area (Å²) >= 11 is 0. The Morgan fingerprint density at radius 1 is 1.32 bits per heavy atom. The van der Waals surface area contributed by atoms with Gasteiger partial charge in [-0.25, -0.2) is 0 Å². The van der Waals surface area contributed by atoms with Crippen molar-refractivity contribution < 1.29 is 9.53 Å². The SMILES string of the molecule is CC(=O)Nc1cccc(-c2n[nH]c3cc(C#N)c(OC(C)C)cc23)c1. The fraction of sp³-hybridized carbons (Fsp3) is 0.211. The van der Waals surface area contributed by atoms with E-state index in [-0.39, 0.29) is 12.0 Å². The van der Waals surface area contributed by atoms with Crippen LogP contribution in [0, 0.1) is 11.3 Å². The highest BCUT2D eigenvalue weighted by Crippen LogP contribution is 2.33. The van der Waals surface area contributed by atoms with Crippen LogP contribution in [0.4, 0.5) is 5.69 Å². The van der Waals surface area contributed by atoms with Crippen LogP contribution in [-0.2, 0) is 4.79 Å². The Balaban J connectivity index is 2.11. The number of carbonyl (C=O) groups is 1. The Bertz CT molecular complexity index is 983. The summed E-state index contributed by atoms with van der Waals surface area (Å²) in [6.45, 7) is 5.30. The summed E-state index contributed by atoms with van der Waals surface area (Å²) in [7, 11) is 0. The van der Waals surface area contributed by atoms with E-state index in [9.17, 15) is 10.1 Å². The number of nitrogens with one attached hydrogen (secondary N) is 2. The quantitative estimate of drug-likeness (QED) is 0.758. The van der Waals surface area contributed by atoms with Crippen LogP contribution < -0.4 is 10.1 Å². The van der Waals surface area contributed by atoms with Gasteiger partial charge in [-0.05, 0) is 38.1 Å². The molecule has 1 amide bonds. The van der Waals surface area contributed by atoms with Gasteiger partial charge in [0, 0.05) is 23.6 Å². The summed E-state index contributed by atoms with van der Waals surface area (Å²) in [6, 6.07) is 13.2. The summed E-state index contributed by atoms with van der Waals surface area (Å²) in [6.07, 6.45) is -0.0389. The number of hydrogen-bond acceptors (Lipinski definition) is 4. The monoisotopic (exact) mass is 334 g/mol. The highest BCUT2D eigenvalue weighted by Gasteiger charge is 2.14. The number of benzene rings is 2. The molecule has 25 heavy (non-hydrogen) atoms. The van der Waals surface area contributed by atoms with E-state index >= 15 is 0 Å². The molecule has 0 bridgehead atoms. The van der Waals surface area contributed by atoms with Gasteiger partial charge in [0.1, 0.15) is 17.5 Å². The molecule has 3 aromatic rings. The molecule has 0 aliphatic rings. The third-order valence-electron chi connectivity index (χ3n) is 3.60. The summed E-state index contributed by atoms with van der Waals surface area (Å²) in [4.78, 5) is 11.3. The second-order valence-corrected chi connectivity index (χ2v) is 6.01. The van der Waals surface area contributed by atoms with E-state index in [0.717, 1.165) is 22.2 Å². The van der Waals surface area contributed by atoms with Crippen LogP contribution in [0.15, 0.2) is 36.4 Å². The number of fused-ring (bicyclic) bond motifs is 1. The molecule has 6 heteroatoms. The zero-order valence-electron chi connectivity index (χ0n) is 14.3. The number of aromatic amines is 1. The lowest BCUT2D eigenvalue weighted by Crippen LogP contribution is -2.06. The lowest BCUT2D eigenvalue weighted by atomic mass is 10.0. The summed E-state index contributed by atoms with van der Waals surface area (Å²) in [5.74, 6) is 0.404. The van der Waals surface area contributed by atoms with E-state index in [1.54, 1.807) is 6.07 Å². The number of H-pyrrole nitrogens is 1. The number of amides is 1. The first-order valence-corrected chi connectivity index (χ1v) is 7.95. The molecule has 2 aromatic carbocycles. The molecule has 0 spiro atoms. The first-order valence-electron chi connectivity index (χ1n) is 7.95. The van der Waals surface area contributed by atoms with Crippen molar-refractivity contribution in [3.8, 4) is 23.1 Å². The Morgan fingerprint density at radius 3 is 2.80 bits per heavy atom. The van der Waals surface area contributed by atoms with Crippen molar-refractivity contribution in [1.29, 1.82) is 5.26 Å². The molecule has 3 rings (SSSR count). The summed E-state index contributed by atoms with van der Waals surface area (Å²) in [5, 5.41) is 20.3. The molecule has 1 aromatic heterocycles. The van der Waals surface area contributed by atoms with Crippen LogP contribution in [-0.4, -0.2) is 22.2 Å². The molecule has 126 valence electrons. The van der Waals surface area contributed by atoms with Gasteiger partial charge in [0.2, 0.25) is 5.91 Å². The maximum absolute atomic E-state index is 11.3. The molecule has 2 N–H and O–H groups in total. The molecule has 0 aliphatic carbocycles. The van der Waals surface area contributed by atoms with E-state index in [0.29, 0.717) is 17.0 Å². The molecule has 0 unspecified atom stereocenters. The van der Waals surface area contributed by atoms with Gasteiger partial charge in [-0.15, -0.1) is 0 Å². The molecule has 1 heterocycles. The van der Waals surface area contributed by atoms with E-state index in [4.69, 9.17) is 4.74 Å². The van der Waals surface area contributed by atoms with Gasteiger partial charge in [0.15, 0.2) is 0 Å². The smallest absolute Gasteiger partial charge is 0.221 e. The molecular formula is C19H18N4O2. The average Bonchev–Trinajstić information content (AvgIpc) is 2.96. The Kier molecular flexibility index (Phi) is 4.40. The van der Waals surface area contributed by atoms with Crippen LogP contribution in [0.1, 0.15) is 26.3 Å². The zero-order valence-corrected chi connectivity index (χ0v) is 14.3. The maximum atomic E-state index is 11.3. The molecule has 0 atom stereocenters. The lowest BCUT2D eigenvalue weighted by Gasteiger charge is -2.11. The Labute approximate surface area is 145 Å². The molecule has 0 radical (unpaired) electrons. The van der Waals surface area contributed by atoms with Crippen LogP contribution in [0.25, 0.3) is 22.2 Å². The standard InChI is InChI=1S/C19H18N4O2/c1-11(2)25-18-9-16-17(8-14(18)10-20)22-23-19(16)13-5-4-6-15(7-13)21-12(3)24/h4-9,11H,1-3H3,(H,21,24)(H,22,23). The minimum Gasteiger partial charge on any atom is -0.490 e. The van der Waals surface area contributed by atoms with Crippen molar-refractivity contribution in [3.63, 3.8) is 0 Å². The number of rotatable bonds is 4. The van der Waals surface area contributed by atoms with Crippen LogP contribution in [0.3, 0.4) is 0 Å². The van der Waals surface area contributed by atoms with Gasteiger partial charge >= 0.3 is 0 Å². The fourth-order valence-corrected chi connectivity index (χ4v) is 2.65. The molecule has 0 aliphatic heterocycles. The number of carbonyl (C=O) groups excluding carboxylic acids is 1. The van der Waals surface area contributed by atoms with Crippen LogP contribution in [0.5, 0.6) is 5.75 Å². The predicted octanol–water partition coefficient (Wildman–Crippen LogP) is 3.85. The van der Waals surface area contributed by atoms with Gasteiger partial charge in [-0.1, -0.05) is 12.1 Å². The zero-order chi connectivity index (χ0) is 18.0. The van der Waals surface area contributed by atoms with Crippen molar-refractivity contribution in [2.24, 2.45) is 0 Å². The fourth-order valence-electron chi connectivity index (χ4n) is 2.65. The minimum absolute atomic E-state index is 0.0389. The molecular weight excluding hydrogens is 316 g/mol. The predicted molar refractivity (Wildman–Crippen MR) is 96.3 cm³/mol. The number of nitriles is 1. The van der Waals surface area contributed by atoms with Crippen molar-refractivity contribution in [1.82, 2.24) is 10.2 Å². The van der Waals surface area contributed by atoms with Crippen molar-refractivity contribution in [2.45, 2.75) is 26.9 Å². The first-order chi connectivity index (χ1) is 12.0. The summed E-state index contributed by atoms with van der Waals surface area (Å²) in [5.41, 5.74) is 3.52. The second-order valence-electron chi connectivity index (χ2n) is 6.01. The maximum Gasteiger partial charge on any atom is 0.221 e. The number of nitrogens with zero attached hydrogens (tertiary/aromatic N) is 2. The normalized spacial score (nSPS) is 10.7. The number of ether oxygens (including phenoxy) is 1.